The largest absolute Gasteiger partial charge is 0.459 e. The minimum atomic E-state index is -3.69. The fourth-order valence-electron chi connectivity index (χ4n) is 2.57. The molecule has 0 aromatic heterocycles. The summed E-state index contributed by atoms with van der Waals surface area (Å²) in [4.78, 5) is 25.9. The van der Waals surface area contributed by atoms with Gasteiger partial charge in [0, 0.05) is 25.7 Å². The first-order valence-electron chi connectivity index (χ1n) is 8.91. The molecular formula is C19H30N2O5S. The first-order chi connectivity index (χ1) is 12.3. The number of benzene rings is 1. The number of sulfonamides is 1. The normalized spacial score (nSPS) is 12.1. The summed E-state index contributed by atoms with van der Waals surface area (Å²) in [5, 5.41) is 0. The van der Waals surface area contributed by atoms with E-state index in [2.05, 4.69) is 0 Å². The molecule has 0 saturated heterocycles. The Labute approximate surface area is 162 Å². The molecule has 152 valence electrons. The van der Waals surface area contributed by atoms with Gasteiger partial charge >= 0.3 is 5.97 Å². The van der Waals surface area contributed by atoms with Crippen molar-refractivity contribution in [2.75, 3.05) is 26.7 Å². The van der Waals surface area contributed by atoms with Crippen molar-refractivity contribution in [1.82, 2.24) is 9.21 Å². The van der Waals surface area contributed by atoms with Gasteiger partial charge in [0.05, 0.1) is 4.90 Å². The van der Waals surface area contributed by atoms with Gasteiger partial charge in [0.25, 0.3) is 5.91 Å². The van der Waals surface area contributed by atoms with Gasteiger partial charge in [0.1, 0.15) is 12.1 Å². The predicted octanol–water partition coefficient (Wildman–Crippen LogP) is 2.44. The van der Waals surface area contributed by atoms with E-state index in [9.17, 15) is 18.0 Å². The lowest BCUT2D eigenvalue weighted by atomic mass is 10.1. The van der Waals surface area contributed by atoms with Gasteiger partial charge in [-0.15, -0.1) is 0 Å². The average Bonchev–Trinajstić information content (AvgIpc) is 2.53. The van der Waals surface area contributed by atoms with E-state index in [1.807, 2.05) is 0 Å². The Bertz CT molecular complexity index is 793. The van der Waals surface area contributed by atoms with Crippen LogP contribution in [0.2, 0.25) is 0 Å². The third-order valence-electron chi connectivity index (χ3n) is 3.89. The maximum absolute atomic E-state index is 12.8. The zero-order valence-electron chi connectivity index (χ0n) is 17.2. The third-order valence-corrected chi connectivity index (χ3v) is 6.08. The lowest BCUT2D eigenvalue weighted by Gasteiger charge is -2.23. The smallest absolute Gasteiger partial charge is 0.326 e. The number of nitrogens with zero attached hydrogens (tertiary/aromatic N) is 2. The molecule has 0 N–H and O–H groups in total. The first-order valence-corrected chi connectivity index (χ1v) is 10.4. The molecule has 0 unspecified atom stereocenters. The molecule has 0 bridgehead atoms. The molecule has 1 rings (SSSR count). The molecule has 0 saturated carbocycles. The standard InChI is InChI=1S/C19H30N2O5S/c1-8-21(9-2)27(24,25)16-12-15(11-10-14(16)3)18(23)20(7)13-17(22)26-19(4,5)6/h10-12H,8-9,13H2,1-7H3. The molecule has 1 aromatic rings. The van der Waals surface area contributed by atoms with Crippen LogP contribution in [0.3, 0.4) is 0 Å². The van der Waals surface area contributed by atoms with Crippen molar-refractivity contribution in [3.8, 4) is 0 Å². The Kier molecular flexibility index (Phi) is 7.57. The topological polar surface area (TPSA) is 84.0 Å². The van der Waals surface area contributed by atoms with Gasteiger partial charge in [-0.05, 0) is 45.4 Å². The van der Waals surface area contributed by atoms with Crippen LogP contribution in [0.1, 0.15) is 50.5 Å². The highest BCUT2D eigenvalue weighted by atomic mass is 32.2. The lowest BCUT2D eigenvalue weighted by molar-refractivity contribution is -0.155. The molecule has 1 aromatic carbocycles. The van der Waals surface area contributed by atoms with Crippen molar-refractivity contribution < 1.29 is 22.7 Å². The maximum Gasteiger partial charge on any atom is 0.326 e. The molecule has 0 spiro atoms. The number of rotatable bonds is 7. The van der Waals surface area contributed by atoms with Gasteiger partial charge < -0.3 is 9.64 Å². The first kappa shape index (κ1) is 23.1. The van der Waals surface area contributed by atoms with Crippen molar-refractivity contribution in [3.63, 3.8) is 0 Å². The highest BCUT2D eigenvalue weighted by Gasteiger charge is 2.26. The summed E-state index contributed by atoms with van der Waals surface area (Å²) >= 11 is 0. The molecule has 0 atom stereocenters. The molecule has 8 heteroatoms. The molecule has 0 aliphatic rings. The van der Waals surface area contributed by atoms with Crippen LogP contribution in [0.5, 0.6) is 0 Å². The molecule has 7 nitrogen and oxygen atoms in total. The zero-order valence-corrected chi connectivity index (χ0v) is 18.0. The van der Waals surface area contributed by atoms with Crippen LogP contribution in [0.15, 0.2) is 23.1 Å². The predicted molar refractivity (Wildman–Crippen MR) is 104 cm³/mol. The fraction of sp³-hybridized carbons (Fsp3) is 0.579. The number of ether oxygens (including phenoxy) is 1. The van der Waals surface area contributed by atoms with Crippen molar-refractivity contribution in [2.45, 2.75) is 52.0 Å². The summed E-state index contributed by atoms with van der Waals surface area (Å²) < 4.78 is 32.2. The van der Waals surface area contributed by atoms with Gasteiger partial charge in [-0.2, -0.15) is 4.31 Å². The Hall–Kier alpha value is -1.93. The lowest BCUT2D eigenvalue weighted by Crippen LogP contribution is -2.36. The zero-order chi connectivity index (χ0) is 21.0. The highest BCUT2D eigenvalue weighted by molar-refractivity contribution is 7.89. The number of hydrogen-bond acceptors (Lipinski definition) is 5. The molecule has 0 aliphatic heterocycles. The Morgan fingerprint density at radius 2 is 1.67 bits per heavy atom. The highest BCUT2D eigenvalue weighted by Crippen LogP contribution is 2.22. The van der Waals surface area contributed by atoms with Crippen molar-refractivity contribution in [2.24, 2.45) is 0 Å². The molecule has 0 radical (unpaired) electrons. The van der Waals surface area contributed by atoms with E-state index in [-0.39, 0.29) is 17.0 Å². The number of likely N-dealkylation sites (N-methyl/N-ethyl adjacent to an activating group) is 1. The van der Waals surface area contributed by atoms with Gasteiger partial charge in [-0.25, -0.2) is 8.42 Å². The van der Waals surface area contributed by atoms with E-state index in [0.717, 1.165) is 0 Å². The second-order valence-electron chi connectivity index (χ2n) is 7.32. The molecule has 1 amide bonds. The molecule has 0 heterocycles. The monoisotopic (exact) mass is 398 g/mol. The van der Waals surface area contributed by atoms with Gasteiger partial charge in [-0.1, -0.05) is 19.9 Å². The van der Waals surface area contributed by atoms with Crippen LogP contribution in [-0.2, 0) is 19.6 Å². The number of aryl methyl sites for hydroxylation is 1. The number of carbonyl (C=O) groups excluding carboxylic acids is 2. The van der Waals surface area contributed by atoms with E-state index in [1.165, 1.54) is 22.3 Å². The average molecular weight is 399 g/mol. The van der Waals surface area contributed by atoms with Crippen LogP contribution < -0.4 is 0 Å². The van der Waals surface area contributed by atoms with Crippen molar-refractivity contribution >= 4 is 21.9 Å². The molecular weight excluding hydrogens is 368 g/mol. The van der Waals surface area contributed by atoms with Gasteiger partial charge in [-0.3, -0.25) is 9.59 Å². The minimum Gasteiger partial charge on any atom is -0.459 e. The second kappa shape index (κ2) is 8.84. The molecule has 0 aliphatic carbocycles. The van der Waals surface area contributed by atoms with Gasteiger partial charge in [0.15, 0.2) is 0 Å². The summed E-state index contributed by atoms with van der Waals surface area (Å²) in [6.07, 6.45) is 0. The Morgan fingerprint density at radius 3 is 2.15 bits per heavy atom. The SMILES string of the molecule is CCN(CC)S(=O)(=O)c1cc(C(=O)N(C)CC(=O)OC(C)(C)C)ccc1C. The summed E-state index contributed by atoms with van der Waals surface area (Å²) in [6.45, 7) is 10.9. The minimum absolute atomic E-state index is 0.0997. The van der Waals surface area contributed by atoms with Crippen LogP contribution in [0.25, 0.3) is 0 Å². The van der Waals surface area contributed by atoms with Crippen molar-refractivity contribution in [3.05, 3.63) is 29.3 Å². The van der Waals surface area contributed by atoms with E-state index in [1.54, 1.807) is 53.7 Å². The van der Waals surface area contributed by atoms with Crippen LogP contribution in [-0.4, -0.2) is 61.8 Å². The summed E-state index contributed by atoms with van der Waals surface area (Å²) in [5.41, 5.74) is 0.126. The molecule has 0 fully saturated rings. The molecule has 27 heavy (non-hydrogen) atoms. The summed E-state index contributed by atoms with van der Waals surface area (Å²) in [7, 11) is -2.21. The summed E-state index contributed by atoms with van der Waals surface area (Å²) in [5.74, 6) is -0.974. The Morgan fingerprint density at radius 1 is 1.11 bits per heavy atom. The number of hydrogen-bond donors (Lipinski definition) is 0. The van der Waals surface area contributed by atoms with E-state index >= 15 is 0 Å². The van der Waals surface area contributed by atoms with Crippen molar-refractivity contribution in [1.29, 1.82) is 0 Å². The number of carbonyl (C=O) groups is 2. The van der Waals surface area contributed by atoms with Gasteiger partial charge in [0.2, 0.25) is 10.0 Å². The van der Waals surface area contributed by atoms with E-state index in [4.69, 9.17) is 4.74 Å². The fourth-order valence-corrected chi connectivity index (χ4v) is 4.28. The summed E-state index contributed by atoms with van der Waals surface area (Å²) in [6, 6.07) is 4.53. The van der Waals surface area contributed by atoms with Crippen LogP contribution in [0.4, 0.5) is 0 Å². The Balaban J connectivity index is 3.11. The maximum atomic E-state index is 12.8. The number of esters is 1. The number of amides is 1. The van der Waals surface area contributed by atoms with E-state index < -0.39 is 27.5 Å². The van der Waals surface area contributed by atoms with Crippen LogP contribution in [0, 0.1) is 6.92 Å². The second-order valence-corrected chi connectivity index (χ2v) is 9.22. The third kappa shape index (κ3) is 6.04. The quantitative estimate of drug-likeness (QED) is 0.659. The van der Waals surface area contributed by atoms with E-state index in [0.29, 0.717) is 18.7 Å². The van der Waals surface area contributed by atoms with Crippen LogP contribution >= 0.6 is 0 Å².